The van der Waals surface area contributed by atoms with Crippen LogP contribution in [0.5, 0.6) is 0 Å². The van der Waals surface area contributed by atoms with Gasteiger partial charge in [-0.3, -0.25) is 9.59 Å². The zero-order chi connectivity index (χ0) is 17.4. The second-order valence-electron chi connectivity index (χ2n) is 5.29. The van der Waals surface area contributed by atoms with E-state index in [0.717, 1.165) is 5.56 Å². The van der Waals surface area contributed by atoms with Gasteiger partial charge in [0.15, 0.2) is 0 Å². The molecule has 0 bridgehead atoms. The van der Waals surface area contributed by atoms with Crippen LogP contribution in [0.15, 0.2) is 48.5 Å². The van der Waals surface area contributed by atoms with E-state index in [4.69, 9.17) is 10.5 Å². The Hall–Kier alpha value is -2.86. The Balaban J connectivity index is 1.87. The van der Waals surface area contributed by atoms with Crippen LogP contribution >= 0.6 is 0 Å². The number of methoxy groups -OCH3 is 1. The fraction of sp³-hybridized carbons (Fsp3) is 0.222. The van der Waals surface area contributed by atoms with Gasteiger partial charge in [0.25, 0.3) is 5.91 Å². The average Bonchev–Trinajstić information content (AvgIpc) is 2.58. The van der Waals surface area contributed by atoms with E-state index in [-0.39, 0.29) is 18.2 Å². The summed E-state index contributed by atoms with van der Waals surface area (Å²) < 4.78 is 4.88. The van der Waals surface area contributed by atoms with Crippen molar-refractivity contribution in [2.24, 2.45) is 0 Å². The minimum Gasteiger partial charge on any atom is -0.399 e. The van der Waals surface area contributed by atoms with Crippen molar-refractivity contribution in [1.82, 2.24) is 5.32 Å². The van der Waals surface area contributed by atoms with Crippen molar-refractivity contribution in [3.8, 4) is 0 Å². The number of hydrogen-bond donors (Lipinski definition) is 3. The summed E-state index contributed by atoms with van der Waals surface area (Å²) in [6, 6.07) is 13.9. The molecule has 0 heterocycles. The van der Waals surface area contributed by atoms with Crippen molar-refractivity contribution in [3.63, 3.8) is 0 Å². The Bertz CT molecular complexity index is 682. The Morgan fingerprint density at radius 3 is 2.33 bits per heavy atom. The van der Waals surface area contributed by atoms with E-state index in [1.54, 1.807) is 43.5 Å². The monoisotopic (exact) mass is 327 g/mol. The minimum atomic E-state index is -0.174. The predicted octanol–water partition coefficient (Wildman–Crippen LogP) is 1.83. The second-order valence-corrected chi connectivity index (χ2v) is 5.29. The topological polar surface area (TPSA) is 93.5 Å². The number of nitrogens with one attached hydrogen (secondary N) is 2. The first-order chi connectivity index (χ1) is 11.6. The minimum absolute atomic E-state index is 0.128. The molecule has 0 aliphatic carbocycles. The second kappa shape index (κ2) is 8.69. The average molecular weight is 327 g/mol. The molecule has 0 atom stereocenters. The third-order valence-electron chi connectivity index (χ3n) is 3.37. The molecule has 0 unspecified atom stereocenters. The fourth-order valence-electron chi connectivity index (χ4n) is 2.10. The summed E-state index contributed by atoms with van der Waals surface area (Å²) >= 11 is 0. The van der Waals surface area contributed by atoms with Gasteiger partial charge >= 0.3 is 0 Å². The zero-order valence-corrected chi connectivity index (χ0v) is 13.5. The van der Waals surface area contributed by atoms with Crippen LogP contribution in [0.2, 0.25) is 0 Å². The Morgan fingerprint density at radius 1 is 1.04 bits per heavy atom. The molecule has 6 nitrogen and oxygen atoms in total. The van der Waals surface area contributed by atoms with Crippen molar-refractivity contribution >= 4 is 23.2 Å². The van der Waals surface area contributed by atoms with E-state index in [0.29, 0.717) is 30.1 Å². The lowest BCUT2D eigenvalue weighted by Crippen LogP contribution is -2.26. The van der Waals surface area contributed by atoms with Crippen molar-refractivity contribution in [2.45, 2.75) is 6.42 Å². The van der Waals surface area contributed by atoms with E-state index in [1.165, 1.54) is 0 Å². The molecule has 2 aromatic carbocycles. The summed E-state index contributed by atoms with van der Waals surface area (Å²) in [7, 11) is 1.58. The molecule has 0 aliphatic rings. The summed E-state index contributed by atoms with van der Waals surface area (Å²) in [5.41, 5.74) is 8.34. The quantitative estimate of drug-likeness (QED) is 0.534. The number of carbonyl (C=O) groups excluding carboxylic acids is 2. The molecular formula is C18H21N3O3. The molecule has 2 rings (SSSR count). The Kier molecular flexibility index (Phi) is 6.33. The number of anilines is 2. The largest absolute Gasteiger partial charge is 0.399 e. The summed E-state index contributed by atoms with van der Waals surface area (Å²) in [5.74, 6) is -0.302. The predicted molar refractivity (Wildman–Crippen MR) is 93.8 cm³/mol. The van der Waals surface area contributed by atoms with Gasteiger partial charge in [-0.2, -0.15) is 0 Å². The van der Waals surface area contributed by atoms with Crippen LogP contribution in [-0.4, -0.2) is 32.1 Å². The van der Waals surface area contributed by atoms with Crippen molar-refractivity contribution in [3.05, 3.63) is 59.7 Å². The Morgan fingerprint density at radius 2 is 1.71 bits per heavy atom. The van der Waals surface area contributed by atoms with E-state index < -0.39 is 0 Å². The van der Waals surface area contributed by atoms with Crippen LogP contribution in [0, 0.1) is 0 Å². The third kappa shape index (κ3) is 5.40. The van der Waals surface area contributed by atoms with Gasteiger partial charge in [-0.15, -0.1) is 0 Å². The molecule has 2 amide bonds. The molecule has 0 aromatic heterocycles. The zero-order valence-electron chi connectivity index (χ0n) is 13.5. The number of nitrogen functional groups attached to an aromatic ring is 1. The van der Waals surface area contributed by atoms with E-state index in [2.05, 4.69) is 10.6 Å². The number of nitrogens with two attached hydrogens (primary N) is 1. The van der Waals surface area contributed by atoms with Gasteiger partial charge in [0.05, 0.1) is 13.0 Å². The summed E-state index contributed by atoms with van der Waals surface area (Å²) in [4.78, 5) is 23.9. The molecule has 0 aliphatic heterocycles. The lowest BCUT2D eigenvalue weighted by Gasteiger charge is -2.08. The number of amides is 2. The van der Waals surface area contributed by atoms with Gasteiger partial charge in [-0.05, 0) is 42.0 Å². The van der Waals surface area contributed by atoms with Crippen LogP contribution in [0.1, 0.15) is 15.9 Å². The van der Waals surface area contributed by atoms with Gasteiger partial charge < -0.3 is 21.1 Å². The number of hydrogen-bond acceptors (Lipinski definition) is 4. The Labute approximate surface area is 141 Å². The van der Waals surface area contributed by atoms with Crippen LogP contribution < -0.4 is 16.4 Å². The van der Waals surface area contributed by atoms with Gasteiger partial charge in [0.2, 0.25) is 5.91 Å². The number of carbonyl (C=O) groups is 2. The molecule has 2 aromatic rings. The lowest BCUT2D eigenvalue weighted by atomic mass is 10.1. The maximum Gasteiger partial charge on any atom is 0.251 e. The molecule has 0 saturated carbocycles. The van der Waals surface area contributed by atoms with Crippen LogP contribution in [0.3, 0.4) is 0 Å². The number of benzene rings is 2. The van der Waals surface area contributed by atoms with Gasteiger partial charge in [0, 0.05) is 30.6 Å². The highest BCUT2D eigenvalue weighted by atomic mass is 16.5. The highest BCUT2D eigenvalue weighted by Crippen LogP contribution is 2.11. The third-order valence-corrected chi connectivity index (χ3v) is 3.37. The van der Waals surface area contributed by atoms with Crippen molar-refractivity contribution in [1.29, 1.82) is 0 Å². The molecular weight excluding hydrogens is 306 g/mol. The van der Waals surface area contributed by atoms with E-state index >= 15 is 0 Å². The first-order valence-electron chi connectivity index (χ1n) is 7.60. The molecule has 0 fully saturated rings. The molecule has 0 saturated heterocycles. The molecule has 24 heavy (non-hydrogen) atoms. The molecule has 0 spiro atoms. The van der Waals surface area contributed by atoms with Gasteiger partial charge in [0.1, 0.15) is 0 Å². The molecule has 6 heteroatoms. The first-order valence-corrected chi connectivity index (χ1v) is 7.60. The molecule has 0 radical (unpaired) electrons. The van der Waals surface area contributed by atoms with Crippen LogP contribution in [0.25, 0.3) is 0 Å². The summed E-state index contributed by atoms with van der Waals surface area (Å²) in [5, 5.41) is 5.54. The summed E-state index contributed by atoms with van der Waals surface area (Å²) in [6.07, 6.45) is 0.263. The number of rotatable bonds is 7. The van der Waals surface area contributed by atoms with Gasteiger partial charge in [-0.25, -0.2) is 0 Å². The molecule has 4 N–H and O–H groups in total. The van der Waals surface area contributed by atoms with E-state index in [1.807, 2.05) is 12.1 Å². The van der Waals surface area contributed by atoms with Crippen LogP contribution in [-0.2, 0) is 16.0 Å². The summed E-state index contributed by atoms with van der Waals surface area (Å²) in [6.45, 7) is 0.917. The SMILES string of the molecule is COCCNC(=O)c1ccc(NC(=O)Cc2ccc(N)cc2)cc1. The smallest absolute Gasteiger partial charge is 0.251 e. The normalized spacial score (nSPS) is 10.2. The number of ether oxygens (including phenoxy) is 1. The maximum atomic E-state index is 12.0. The van der Waals surface area contributed by atoms with Gasteiger partial charge in [-0.1, -0.05) is 12.1 Å². The highest BCUT2D eigenvalue weighted by Gasteiger charge is 2.07. The first kappa shape index (κ1) is 17.5. The standard InChI is InChI=1S/C18H21N3O3/c1-24-11-10-20-18(23)14-4-8-16(9-5-14)21-17(22)12-13-2-6-15(19)7-3-13/h2-9H,10-12,19H2,1H3,(H,20,23)(H,21,22). The van der Waals surface area contributed by atoms with Crippen LogP contribution in [0.4, 0.5) is 11.4 Å². The maximum absolute atomic E-state index is 12.0. The molecule has 126 valence electrons. The van der Waals surface area contributed by atoms with Crippen molar-refractivity contribution < 1.29 is 14.3 Å². The van der Waals surface area contributed by atoms with Crippen molar-refractivity contribution in [2.75, 3.05) is 31.3 Å². The van der Waals surface area contributed by atoms with E-state index in [9.17, 15) is 9.59 Å². The lowest BCUT2D eigenvalue weighted by molar-refractivity contribution is -0.115. The fourth-order valence-corrected chi connectivity index (χ4v) is 2.10. The highest BCUT2D eigenvalue weighted by molar-refractivity contribution is 5.96.